The maximum Gasteiger partial charge on any atom is 0.158 e. The van der Waals surface area contributed by atoms with Crippen molar-refractivity contribution in [3.8, 4) is 0 Å². The predicted molar refractivity (Wildman–Crippen MR) is 55.4 cm³/mol. The molecule has 0 bridgehead atoms. The molecule has 3 rings (SSSR count). The normalized spacial score (nSPS) is 31.5. The summed E-state index contributed by atoms with van der Waals surface area (Å²) in [5, 5.41) is 3.35. The fourth-order valence-electron chi connectivity index (χ4n) is 2.17. The first-order chi connectivity index (χ1) is 7.20. The number of hydrogen-bond donors (Lipinski definition) is 1. The molecule has 1 N–H and O–H groups in total. The van der Waals surface area contributed by atoms with Gasteiger partial charge in [0.05, 0.1) is 0 Å². The third-order valence-corrected chi connectivity index (χ3v) is 3.34. The quantitative estimate of drug-likeness (QED) is 0.695. The van der Waals surface area contributed by atoms with Gasteiger partial charge in [-0.05, 0) is 43.0 Å². The average Bonchev–Trinajstić information content (AvgIpc) is 2.69. The fraction of sp³-hybridized carbons (Fsp3) is 0.500. The minimum atomic E-state index is -0.799. The Bertz CT molecular complexity index is 309. The maximum atomic E-state index is 11.9. The van der Waals surface area contributed by atoms with E-state index in [2.05, 4.69) is 12.2 Å². The molecule has 15 heavy (non-hydrogen) atoms. The van der Waals surface area contributed by atoms with E-state index in [1.165, 1.54) is 25.2 Å². The molecule has 2 unspecified atom stereocenters. The molecule has 1 nitrogen and oxygen atoms in total. The molecule has 1 saturated carbocycles. The molecular weight excluding hydrogens is 196 g/mol. The molecule has 2 atom stereocenters. The van der Waals surface area contributed by atoms with Crippen molar-refractivity contribution in [2.45, 2.75) is 6.92 Å². The third-order valence-electron chi connectivity index (χ3n) is 3.34. The zero-order valence-corrected chi connectivity index (χ0v) is 8.71. The standard InChI is InChI=1S/C6H4F2.C6H11N/c7-5-3-1-2-4-6(5)8;1-4-5-2-7-3-6(4)5/h1-4H;4-7H,2-3H2,1H3. The van der Waals surface area contributed by atoms with Crippen LogP contribution in [-0.2, 0) is 0 Å². The summed E-state index contributed by atoms with van der Waals surface area (Å²) >= 11 is 0. The number of halogens is 2. The topological polar surface area (TPSA) is 12.0 Å². The number of hydrogen-bond acceptors (Lipinski definition) is 1. The summed E-state index contributed by atoms with van der Waals surface area (Å²) in [7, 11) is 0. The Morgan fingerprint density at radius 2 is 1.53 bits per heavy atom. The highest BCUT2D eigenvalue weighted by Gasteiger charge is 2.49. The van der Waals surface area contributed by atoms with Crippen molar-refractivity contribution < 1.29 is 8.78 Å². The number of benzene rings is 1. The van der Waals surface area contributed by atoms with Gasteiger partial charge in [0.2, 0.25) is 0 Å². The number of piperidine rings is 1. The molecule has 1 aromatic carbocycles. The van der Waals surface area contributed by atoms with Gasteiger partial charge in [-0.2, -0.15) is 0 Å². The number of rotatable bonds is 0. The Morgan fingerprint density at radius 1 is 1.07 bits per heavy atom. The molecule has 0 aromatic heterocycles. The van der Waals surface area contributed by atoms with Crippen LogP contribution in [0.15, 0.2) is 24.3 Å². The van der Waals surface area contributed by atoms with Crippen molar-refractivity contribution in [2.75, 3.05) is 13.1 Å². The summed E-state index contributed by atoms with van der Waals surface area (Å²) in [6, 6.07) is 5.04. The molecule has 3 heteroatoms. The van der Waals surface area contributed by atoms with Gasteiger partial charge in [-0.15, -0.1) is 0 Å². The molecule has 1 aromatic rings. The van der Waals surface area contributed by atoms with Gasteiger partial charge < -0.3 is 5.32 Å². The third kappa shape index (κ3) is 2.34. The van der Waals surface area contributed by atoms with Crippen LogP contribution in [0.5, 0.6) is 0 Å². The lowest BCUT2D eigenvalue weighted by molar-refractivity contribution is 0.508. The van der Waals surface area contributed by atoms with Gasteiger partial charge in [0.1, 0.15) is 0 Å². The largest absolute Gasteiger partial charge is 0.316 e. The van der Waals surface area contributed by atoms with Crippen molar-refractivity contribution in [1.82, 2.24) is 5.32 Å². The zero-order valence-electron chi connectivity index (χ0n) is 8.71. The van der Waals surface area contributed by atoms with Crippen LogP contribution in [0.25, 0.3) is 0 Å². The SMILES string of the molecule is CC1C2CNCC12.Fc1ccccc1F. The van der Waals surface area contributed by atoms with Crippen molar-refractivity contribution in [1.29, 1.82) is 0 Å². The molecule has 82 valence electrons. The molecule has 1 heterocycles. The Hall–Kier alpha value is -0.960. The van der Waals surface area contributed by atoms with Gasteiger partial charge in [-0.1, -0.05) is 19.1 Å². The molecule has 0 amide bonds. The molecule has 1 aliphatic heterocycles. The molecule has 0 spiro atoms. The maximum absolute atomic E-state index is 11.9. The van der Waals surface area contributed by atoms with E-state index in [0.717, 1.165) is 29.9 Å². The first-order valence-electron chi connectivity index (χ1n) is 5.31. The van der Waals surface area contributed by atoms with E-state index >= 15 is 0 Å². The van der Waals surface area contributed by atoms with Gasteiger partial charge >= 0.3 is 0 Å². The molecule has 1 saturated heterocycles. The van der Waals surface area contributed by atoms with Crippen LogP contribution in [0.4, 0.5) is 8.78 Å². The van der Waals surface area contributed by atoms with E-state index in [-0.39, 0.29) is 0 Å². The average molecular weight is 211 g/mol. The molecule has 2 aliphatic rings. The van der Waals surface area contributed by atoms with Crippen LogP contribution in [0.2, 0.25) is 0 Å². The van der Waals surface area contributed by atoms with E-state index in [1.54, 1.807) is 0 Å². The first kappa shape index (κ1) is 10.6. The number of nitrogens with one attached hydrogen (secondary N) is 1. The van der Waals surface area contributed by atoms with Crippen molar-refractivity contribution >= 4 is 0 Å². The highest BCUT2D eigenvalue weighted by molar-refractivity contribution is 5.05. The van der Waals surface area contributed by atoms with E-state index in [1.807, 2.05) is 0 Å². The summed E-state index contributed by atoms with van der Waals surface area (Å²) in [6.45, 7) is 4.95. The van der Waals surface area contributed by atoms with Gasteiger partial charge in [0.15, 0.2) is 11.6 Å². The van der Waals surface area contributed by atoms with Crippen molar-refractivity contribution in [3.63, 3.8) is 0 Å². The lowest BCUT2D eigenvalue weighted by Crippen LogP contribution is -2.13. The van der Waals surface area contributed by atoms with Gasteiger partial charge in [0.25, 0.3) is 0 Å². The smallest absolute Gasteiger partial charge is 0.158 e. The minimum absolute atomic E-state index is 0.799. The second-order valence-corrected chi connectivity index (χ2v) is 4.26. The summed E-state index contributed by atoms with van der Waals surface area (Å²) in [5.74, 6) is 1.60. The van der Waals surface area contributed by atoms with E-state index in [4.69, 9.17) is 0 Å². The lowest BCUT2D eigenvalue weighted by atomic mass is 10.3. The Morgan fingerprint density at radius 3 is 1.80 bits per heavy atom. The van der Waals surface area contributed by atoms with Gasteiger partial charge in [-0.25, -0.2) is 8.78 Å². The van der Waals surface area contributed by atoms with Crippen LogP contribution >= 0.6 is 0 Å². The Kier molecular flexibility index (Phi) is 3.00. The first-order valence-corrected chi connectivity index (χ1v) is 5.31. The fourth-order valence-corrected chi connectivity index (χ4v) is 2.17. The second-order valence-electron chi connectivity index (χ2n) is 4.26. The summed E-state index contributed by atoms with van der Waals surface area (Å²) in [6.07, 6.45) is 0. The van der Waals surface area contributed by atoms with Crippen LogP contribution < -0.4 is 5.32 Å². The highest BCUT2D eigenvalue weighted by atomic mass is 19.2. The van der Waals surface area contributed by atoms with Crippen molar-refractivity contribution in [3.05, 3.63) is 35.9 Å². The Balaban J connectivity index is 0.000000114. The van der Waals surface area contributed by atoms with Crippen LogP contribution in [0.1, 0.15) is 6.92 Å². The molecule has 1 aliphatic carbocycles. The van der Waals surface area contributed by atoms with Crippen LogP contribution in [0, 0.1) is 29.4 Å². The molecular formula is C12H15F2N. The highest BCUT2D eigenvalue weighted by Crippen LogP contribution is 2.47. The molecule has 0 radical (unpaired) electrons. The summed E-state index contributed by atoms with van der Waals surface area (Å²) < 4.78 is 23.9. The Labute approximate surface area is 88.5 Å². The van der Waals surface area contributed by atoms with E-state index in [9.17, 15) is 8.78 Å². The monoisotopic (exact) mass is 211 g/mol. The summed E-state index contributed by atoms with van der Waals surface area (Å²) in [4.78, 5) is 0. The van der Waals surface area contributed by atoms with E-state index < -0.39 is 11.6 Å². The molecule has 2 fully saturated rings. The predicted octanol–water partition coefficient (Wildman–Crippen LogP) is 2.44. The minimum Gasteiger partial charge on any atom is -0.316 e. The van der Waals surface area contributed by atoms with Crippen LogP contribution in [-0.4, -0.2) is 13.1 Å². The van der Waals surface area contributed by atoms with Crippen molar-refractivity contribution in [2.24, 2.45) is 17.8 Å². The van der Waals surface area contributed by atoms with Gasteiger partial charge in [0, 0.05) is 0 Å². The zero-order chi connectivity index (χ0) is 10.8. The second kappa shape index (κ2) is 4.27. The summed E-state index contributed by atoms with van der Waals surface area (Å²) in [5.41, 5.74) is 0. The van der Waals surface area contributed by atoms with E-state index in [0.29, 0.717) is 0 Å². The number of fused-ring (bicyclic) bond motifs is 1. The lowest BCUT2D eigenvalue weighted by Gasteiger charge is -1.93. The van der Waals surface area contributed by atoms with Crippen LogP contribution in [0.3, 0.4) is 0 Å². The van der Waals surface area contributed by atoms with Gasteiger partial charge in [-0.3, -0.25) is 0 Å².